The summed E-state index contributed by atoms with van der Waals surface area (Å²) in [5, 5.41) is 6.81. The molecule has 0 amide bonds. The van der Waals surface area contributed by atoms with E-state index in [1.807, 2.05) is 54.5 Å². The summed E-state index contributed by atoms with van der Waals surface area (Å²) in [5.41, 5.74) is 3.69. The summed E-state index contributed by atoms with van der Waals surface area (Å²) in [6, 6.07) is 16.1. The van der Waals surface area contributed by atoms with Crippen LogP contribution in [0.1, 0.15) is 17.9 Å². The minimum atomic E-state index is -2.87. The van der Waals surface area contributed by atoms with Gasteiger partial charge in [0.25, 0.3) is 5.89 Å². The standard InChI is InChI=1S/C22H17F3N4O.C7H14N2/c1-29(18-4-2-3-15(11-18)14-7-9-26-10-8-14)13-17-6-5-16(12-19(17)23)21-27-28-22(30-21)20(24)25;1-3-9-6-4-8(2)5-7-9/h2-12,20H,13H2,1H3;3H,1,4-7H2,2H3. The Kier molecular flexibility index (Phi) is 9.32. The van der Waals surface area contributed by atoms with E-state index in [9.17, 15) is 13.2 Å². The van der Waals surface area contributed by atoms with Gasteiger partial charge < -0.3 is 19.1 Å². The van der Waals surface area contributed by atoms with Crippen LogP contribution in [0.3, 0.4) is 0 Å². The maximum atomic E-state index is 14.6. The number of hydrogen-bond acceptors (Lipinski definition) is 7. The molecule has 1 aliphatic heterocycles. The van der Waals surface area contributed by atoms with E-state index in [1.54, 1.807) is 24.5 Å². The largest absolute Gasteiger partial charge is 0.415 e. The maximum absolute atomic E-state index is 14.6. The van der Waals surface area contributed by atoms with Gasteiger partial charge in [-0.15, -0.1) is 10.2 Å². The lowest BCUT2D eigenvalue weighted by Gasteiger charge is -2.31. The third-order valence-corrected chi connectivity index (χ3v) is 6.43. The van der Waals surface area contributed by atoms with Crippen LogP contribution >= 0.6 is 0 Å². The average Bonchev–Trinajstić information content (AvgIpc) is 3.46. The van der Waals surface area contributed by atoms with Gasteiger partial charge >= 0.3 is 6.43 Å². The van der Waals surface area contributed by atoms with Crippen molar-refractivity contribution in [3.05, 3.63) is 97.0 Å². The molecule has 0 radical (unpaired) electrons. The number of halogens is 3. The highest BCUT2D eigenvalue weighted by Crippen LogP contribution is 2.27. The number of likely N-dealkylation sites (N-methyl/N-ethyl adjacent to an activating group) is 1. The minimum absolute atomic E-state index is 0.144. The molecular weight excluding hydrogens is 505 g/mol. The molecule has 10 heteroatoms. The Morgan fingerprint density at radius 1 is 0.974 bits per heavy atom. The molecule has 1 aliphatic rings. The lowest BCUT2D eigenvalue weighted by molar-refractivity contribution is 0.116. The molecule has 0 atom stereocenters. The molecule has 0 N–H and O–H groups in total. The molecule has 39 heavy (non-hydrogen) atoms. The summed E-state index contributed by atoms with van der Waals surface area (Å²) in [5.74, 6) is -1.42. The van der Waals surface area contributed by atoms with E-state index in [-0.39, 0.29) is 11.5 Å². The number of rotatable bonds is 7. The first-order valence-electron chi connectivity index (χ1n) is 12.5. The summed E-state index contributed by atoms with van der Waals surface area (Å²) in [6.07, 6.45) is 2.52. The van der Waals surface area contributed by atoms with Crippen molar-refractivity contribution >= 4 is 5.69 Å². The predicted octanol–water partition coefficient (Wildman–Crippen LogP) is 5.89. The number of pyridine rings is 1. The Bertz CT molecular complexity index is 1360. The van der Waals surface area contributed by atoms with Gasteiger partial charge in [-0.25, -0.2) is 4.39 Å². The Morgan fingerprint density at radius 2 is 1.72 bits per heavy atom. The summed E-state index contributed by atoms with van der Waals surface area (Å²) in [4.78, 5) is 10.5. The molecular formula is C29H31F3N6O. The Balaban J connectivity index is 0.000000333. The van der Waals surface area contributed by atoms with Gasteiger partial charge in [-0.2, -0.15) is 8.78 Å². The summed E-state index contributed by atoms with van der Waals surface area (Å²) in [7, 11) is 4.02. The van der Waals surface area contributed by atoms with Crippen LogP contribution in [0, 0.1) is 5.82 Å². The lowest BCUT2D eigenvalue weighted by atomic mass is 10.1. The van der Waals surface area contributed by atoms with E-state index in [4.69, 9.17) is 4.42 Å². The van der Waals surface area contributed by atoms with E-state index in [2.05, 4.69) is 38.6 Å². The van der Waals surface area contributed by atoms with Crippen LogP contribution < -0.4 is 4.90 Å². The number of alkyl halides is 2. The van der Waals surface area contributed by atoms with Crippen LogP contribution in [0.4, 0.5) is 18.9 Å². The highest BCUT2D eigenvalue weighted by atomic mass is 19.3. The second kappa shape index (κ2) is 13.1. The molecule has 204 valence electrons. The zero-order valence-corrected chi connectivity index (χ0v) is 22.0. The maximum Gasteiger partial charge on any atom is 0.314 e. The second-order valence-corrected chi connectivity index (χ2v) is 9.22. The number of piperazine rings is 1. The molecule has 2 aromatic heterocycles. The van der Waals surface area contributed by atoms with Crippen LogP contribution in [0.15, 0.2) is 84.2 Å². The number of benzene rings is 2. The first-order chi connectivity index (χ1) is 18.8. The quantitative estimate of drug-likeness (QED) is 0.292. The molecule has 1 fully saturated rings. The number of hydrogen-bond donors (Lipinski definition) is 0. The molecule has 0 spiro atoms. The van der Waals surface area contributed by atoms with E-state index in [1.165, 1.54) is 19.2 Å². The second-order valence-electron chi connectivity index (χ2n) is 9.22. The van der Waals surface area contributed by atoms with Crippen molar-refractivity contribution in [3.63, 3.8) is 0 Å². The molecule has 0 aliphatic carbocycles. The highest BCUT2D eigenvalue weighted by Gasteiger charge is 2.18. The minimum Gasteiger partial charge on any atom is -0.415 e. The van der Waals surface area contributed by atoms with Crippen LogP contribution in [-0.4, -0.2) is 65.3 Å². The Morgan fingerprint density at radius 3 is 2.36 bits per heavy atom. The van der Waals surface area contributed by atoms with Crippen LogP contribution in [0.2, 0.25) is 0 Å². The van der Waals surface area contributed by atoms with Crippen molar-refractivity contribution in [2.45, 2.75) is 13.0 Å². The molecule has 3 heterocycles. The van der Waals surface area contributed by atoms with E-state index in [0.29, 0.717) is 12.1 Å². The van der Waals surface area contributed by atoms with Crippen molar-refractivity contribution in [1.82, 2.24) is 25.0 Å². The summed E-state index contributed by atoms with van der Waals surface area (Å²) < 4.78 is 44.7. The first kappa shape index (κ1) is 27.8. The van der Waals surface area contributed by atoms with Crippen LogP contribution in [0.5, 0.6) is 0 Å². The lowest BCUT2D eigenvalue weighted by Crippen LogP contribution is -2.41. The fraction of sp³-hybridized carbons (Fsp3) is 0.276. The predicted molar refractivity (Wildman–Crippen MR) is 146 cm³/mol. The smallest absolute Gasteiger partial charge is 0.314 e. The van der Waals surface area contributed by atoms with Crippen molar-refractivity contribution in [2.75, 3.05) is 45.2 Å². The van der Waals surface area contributed by atoms with Crippen LogP contribution in [-0.2, 0) is 6.54 Å². The van der Waals surface area contributed by atoms with Gasteiger partial charge in [0.15, 0.2) is 0 Å². The zero-order valence-electron chi connectivity index (χ0n) is 22.0. The summed E-state index contributed by atoms with van der Waals surface area (Å²) in [6.45, 7) is 8.66. The average molecular weight is 537 g/mol. The van der Waals surface area contributed by atoms with Gasteiger partial charge in [0.2, 0.25) is 5.89 Å². The van der Waals surface area contributed by atoms with Crippen molar-refractivity contribution in [2.24, 2.45) is 0 Å². The van der Waals surface area contributed by atoms with E-state index < -0.39 is 18.1 Å². The normalized spacial score (nSPS) is 13.6. The Hall–Kier alpha value is -4.18. The number of nitrogens with zero attached hydrogens (tertiary/aromatic N) is 6. The molecule has 7 nitrogen and oxygen atoms in total. The van der Waals surface area contributed by atoms with Gasteiger partial charge in [-0.05, 0) is 60.8 Å². The molecule has 5 rings (SSSR count). The molecule has 4 aromatic rings. The number of aromatic nitrogens is 3. The van der Waals surface area contributed by atoms with Crippen molar-refractivity contribution in [3.8, 4) is 22.6 Å². The third-order valence-electron chi connectivity index (χ3n) is 6.43. The van der Waals surface area contributed by atoms with E-state index >= 15 is 0 Å². The highest BCUT2D eigenvalue weighted by molar-refractivity contribution is 5.68. The van der Waals surface area contributed by atoms with Gasteiger partial charge in [0.05, 0.1) is 0 Å². The molecule has 0 saturated carbocycles. The molecule has 0 bridgehead atoms. The van der Waals surface area contributed by atoms with Gasteiger partial charge in [0, 0.05) is 69.0 Å². The third kappa shape index (κ3) is 7.44. The SMILES string of the molecule is C=CN1CCN(C)CC1.CN(Cc1ccc(-c2nnc(C(F)F)o2)cc1F)c1cccc(-c2ccncc2)c1. The van der Waals surface area contributed by atoms with Crippen molar-refractivity contribution in [1.29, 1.82) is 0 Å². The topological polar surface area (TPSA) is 61.5 Å². The fourth-order valence-corrected chi connectivity index (χ4v) is 4.07. The van der Waals surface area contributed by atoms with E-state index in [0.717, 1.165) is 29.9 Å². The molecule has 0 unspecified atom stereocenters. The monoisotopic (exact) mass is 536 g/mol. The number of anilines is 1. The van der Waals surface area contributed by atoms with Crippen molar-refractivity contribution < 1.29 is 17.6 Å². The first-order valence-corrected chi connectivity index (χ1v) is 12.5. The van der Waals surface area contributed by atoms with Crippen LogP contribution in [0.25, 0.3) is 22.6 Å². The Labute approximate surface area is 226 Å². The fourth-order valence-electron chi connectivity index (χ4n) is 4.07. The van der Waals surface area contributed by atoms with Gasteiger partial charge in [0.1, 0.15) is 5.82 Å². The van der Waals surface area contributed by atoms with Gasteiger partial charge in [-0.1, -0.05) is 24.8 Å². The zero-order chi connectivity index (χ0) is 27.8. The van der Waals surface area contributed by atoms with Gasteiger partial charge in [-0.3, -0.25) is 4.98 Å². The molecule has 2 aromatic carbocycles. The molecule has 1 saturated heterocycles. The summed E-state index contributed by atoms with van der Waals surface area (Å²) >= 11 is 0.